The number of carbonyl (C=O) groups is 1. The molecule has 14 heavy (non-hydrogen) atoms. The molecule has 1 rings (SSSR count). The van der Waals surface area contributed by atoms with Crippen molar-refractivity contribution < 1.29 is 15.0 Å². The number of aliphatic hydroxyl groups is 1. The van der Waals surface area contributed by atoms with Gasteiger partial charge in [-0.15, -0.1) is 0 Å². The number of hydrogen-bond acceptors (Lipinski definition) is 2. The zero-order valence-corrected chi connectivity index (χ0v) is 9.00. The van der Waals surface area contributed by atoms with Gasteiger partial charge in [0, 0.05) is 0 Å². The summed E-state index contributed by atoms with van der Waals surface area (Å²) in [7, 11) is 0. The predicted molar refractivity (Wildman–Crippen MR) is 53.2 cm³/mol. The molecule has 4 nitrogen and oxygen atoms in total. The van der Waals surface area contributed by atoms with Crippen LogP contribution in [0.25, 0.3) is 0 Å². The Bertz CT molecular complexity index is 234. The second-order valence-electron chi connectivity index (χ2n) is 5.16. The van der Waals surface area contributed by atoms with Crippen LogP contribution in [0.15, 0.2) is 0 Å². The van der Waals surface area contributed by atoms with E-state index in [0.29, 0.717) is 19.3 Å². The van der Waals surface area contributed by atoms with Crippen LogP contribution < -0.4 is 5.32 Å². The first-order valence-electron chi connectivity index (χ1n) is 4.96. The summed E-state index contributed by atoms with van der Waals surface area (Å²) in [5.74, 6) is 0. The molecular weight excluding hydrogens is 182 g/mol. The van der Waals surface area contributed by atoms with Crippen molar-refractivity contribution >= 4 is 6.09 Å². The van der Waals surface area contributed by atoms with Crippen molar-refractivity contribution in [1.82, 2.24) is 5.32 Å². The Labute approximate surface area is 84.3 Å². The van der Waals surface area contributed by atoms with Gasteiger partial charge >= 0.3 is 6.09 Å². The van der Waals surface area contributed by atoms with Crippen LogP contribution in [0.4, 0.5) is 4.79 Å². The third-order valence-corrected chi connectivity index (χ3v) is 3.27. The van der Waals surface area contributed by atoms with Gasteiger partial charge < -0.3 is 15.5 Å². The van der Waals surface area contributed by atoms with Gasteiger partial charge in [0.15, 0.2) is 0 Å². The van der Waals surface area contributed by atoms with Gasteiger partial charge in [0.05, 0.1) is 11.6 Å². The van der Waals surface area contributed by atoms with E-state index in [-0.39, 0.29) is 11.5 Å². The zero-order chi connectivity index (χ0) is 11.0. The van der Waals surface area contributed by atoms with Crippen LogP contribution in [0.2, 0.25) is 0 Å². The molecule has 0 saturated heterocycles. The lowest BCUT2D eigenvalue weighted by Crippen LogP contribution is -2.55. The van der Waals surface area contributed by atoms with Gasteiger partial charge in [0.25, 0.3) is 0 Å². The minimum Gasteiger partial charge on any atom is -0.465 e. The Kier molecular flexibility index (Phi) is 2.76. The lowest BCUT2D eigenvalue weighted by atomic mass is 9.72. The van der Waals surface area contributed by atoms with Crippen molar-refractivity contribution in [3.8, 4) is 0 Å². The summed E-state index contributed by atoms with van der Waals surface area (Å²) in [6.07, 6.45) is 0.528. The van der Waals surface area contributed by atoms with Gasteiger partial charge in [-0.1, -0.05) is 20.8 Å². The molecule has 3 N–H and O–H groups in total. The second kappa shape index (κ2) is 3.42. The molecule has 0 aromatic rings. The van der Waals surface area contributed by atoms with Crippen LogP contribution in [0.1, 0.15) is 40.0 Å². The number of carboxylic acid groups (broad SMARTS) is 1. The maximum atomic E-state index is 10.7. The van der Waals surface area contributed by atoms with Crippen molar-refractivity contribution in [3.05, 3.63) is 0 Å². The molecule has 0 spiro atoms. The minimum absolute atomic E-state index is 0.164. The van der Waals surface area contributed by atoms with Crippen LogP contribution in [-0.2, 0) is 0 Å². The molecule has 1 aliphatic rings. The van der Waals surface area contributed by atoms with Crippen LogP contribution in [0.3, 0.4) is 0 Å². The Morgan fingerprint density at radius 1 is 1.50 bits per heavy atom. The van der Waals surface area contributed by atoms with Gasteiger partial charge in [-0.2, -0.15) is 0 Å². The Morgan fingerprint density at radius 3 is 2.36 bits per heavy atom. The zero-order valence-electron chi connectivity index (χ0n) is 9.00. The van der Waals surface area contributed by atoms with E-state index in [9.17, 15) is 9.90 Å². The van der Waals surface area contributed by atoms with Crippen LogP contribution in [0, 0.1) is 5.41 Å². The molecule has 1 saturated carbocycles. The molecule has 0 heterocycles. The van der Waals surface area contributed by atoms with Crippen molar-refractivity contribution in [2.45, 2.75) is 51.7 Å². The highest BCUT2D eigenvalue weighted by atomic mass is 16.4. The Balaban J connectivity index is 2.86. The first-order valence-corrected chi connectivity index (χ1v) is 4.96. The van der Waals surface area contributed by atoms with Gasteiger partial charge in [-0.25, -0.2) is 4.79 Å². The molecule has 1 aliphatic carbocycles. The van der Waals surface area contributed by atoms with Gasteiger partial charge in [0.1, 0.15) is 0 Å². The fourth-order valence-electron chi connectivity index (χ4n) is 2.21. The predicted octanol–water partition coefficient (Wildman–Crippen LogP) is 1.58. The number of rotatable bonds is 1. The quantitative estimate of drug-likeness (QED) is 0.603. The topological polar surface area (TPSA) is 69.6 Å². The molecule has 4 heteroatoms. The number of aliphatic hydroxyl groups excluding tert-OH is 1. The summed E-state index contributed by atoms with van der Waals surface area (Å²) in [6.45, 7) is 6.00. The molecule has 0 aliphatic heterocycles. The lowest BCUT2D eigenvalue weighted by Gasteiger charge is -2.41. The van der Waals surface area contributed by atoms with Crippen molar-refractivity contribution in [3.63, 3.8) is 0 Å². The molecule has 2 atom stereocenters. The third kappa shape index (κ3) is 2.00. The van der Waals surface area contributed by atoms with Crippen LogP contribution in [0.5, 0.6) is 0 Å². The summed E-state index contributed by atoms with van der Waals surface area (Å²) < 4.78 is 0. The van der Waals surface area contributed by atoms with E-state index in [4.69, 9.17) is 5.11 Å². The normalized spacial score (nSPS) is 33.0. The fourth-order valence-corrected chi connectivity index (χ4v) is 2.21. The van der Waals surface area contributed by atoms with Crippen molar-refractivity contribution in [1.29, 1.82) is 0 Å². The Morgan fingerprint density at radius 2 is 2.07 bits per heavy atom. The summed E-state index contributed by atoms with van der Waals surface area (Å²) in [5, 5.41) is 20.9. The van der Waals surface area contributed by atoms with E-state index in [1.165, 1.54) is 0 Å². The first-order chi connectivity index (χ1) is 6.27. The molecule has 0 bridgehead atoms. The second-order valence-corrected chi connectivity index (χ2v) is 5.16. The highest BCUT2D eigenvalue weighted by molar-refractivity contribution is 5.66. The number of hydrogen-bond donors (Lipinski definition) is 3. The average Bonchev–Trinajstić information content (AvgIpc) is 2.29. The standard InChI is InChI=1S/C10H19NO3/c1-9(2,3)10(11-8(13)14)5-4-7(12)6-10/h7,11-12H,4-6H2,1-3H3,(H,13,14)/t7-,10?/m1/s1. The van der Waals surface area contributed by atoms with Crippen molar-refractivity contribution in [2.24, 2.45) is 5.41 Å². The summed E-state index contributed by atoms with van der Waals surface area (Å²) >= 11 is 0. The summed E-state index contributed by atoms with van der Waals surface area (Å²) in [6, 6.07) is 0. The van der Waals surface area contributed by atoms with E-state index in [2.05, 4.69) is 5.32 Å². The van der Waals surface area contributed by atoms with E-state index in [1.54, 1.807) is 0 Å². The molecule has 82 valence electrons. The van der Waals surface area contributed by atoms with Gasteiger partial charge in [-0.3, -0.25) is 0 Å². The highest BCUT2D eigenvalue weighted by Gasteiger charge is 2.48. The average molecular weight is 201 g/mol. The lowest BCUT2D eigenvalue weighted by molar-refractivity contribution is 0.102. The molecule has 1 amide bonds. The highest BCUT2D eigenvalue weighted by Crippen LogP contribution is 2.43. The molecule has 1 unspecified atom stereocenters. The maximum absolute atomic E-state index is 10.7. The van der Waals surface area contributed by atoms with Crippen molar-refractivity contribution in [2.75, 3.05) is 0 Å². The van der Waals surface area contributed by atoms with Gasteiger partial charge in [0.2, 0.25) is 0 Å². The SMILES string of the molecule is CC(C)(C)C1(NC(=O)O)CC[C@@H](O)C1. The van der Waals surface area contributed by atoms with Crippen LogP contribution in [-0.4, -0.2) is 27.9 Å². The molecule has 0 aromatic heterocycles. The first kappa shape index (κ1) is 11.3. The Hall–Kier alpha value is -0.770. The minimum atomic E-state index is -1.01. The van der Waals surface area contributed by atoms with E-state index in [0.717, 1.165) is 0 Å². The molecule has 0 radical (unpaired) electrons. The van der Waals surface area contributed by atoms with E-state index in [1.807, 2.05) is 20.8 Å². The maximum Gasteiger partial charge on any atom is 0.405 e. The monoisotopic (exact) mass is 201 g/mol. The van der Waals surface area contributed by atoms with E-state index >= 15 is 0 Å². The smallest absolute Gasteiger partial charge is 0.405 e. The summed E-state index contributed by atoms with van der Waals surface area (Å²) in [5.41, 5.74) is -0.638. The third-order valence-electron chi connectivity index (χ3n) is 3.27. The fraction of sp³-hybridized carbons (Fsp3) is 0.900. The molecule has 0 aromatic carbocycles. The summed E-state index contributed by atoms with van der Waals surface area (Å²) in [4.78, 5) is 10.7. The van der Waals surface area contributed by atoms with Crippen LogP contribution >= 0.6 is 0 Å². The molecular formula is C10H19NO3. The van der Waals surface area contributed by atoms with E-state index < -0.39 is 11.6 Å². The number of nitrogens with one attached hydrogen (secondary N) is 1. The molecule has 1 fully saturated rings. The largest absolute Gasteiger partial charge is 0.465 e. The van der Waals surface area contributed by atoms with Gasteiger partial charge in [-0.05, 0) is 24.7 Å². The number of amides is 1.